The van der Waals surface area contributed by atoms with Gasteiger partial charge in [-0.05, 0) is 36.7 Å². The van der Waals surface area contributed by atoms with Crippen LogP contribution in [0.1, 0.15) is 24.2 Å². The van der Waals surface area contributed by atoms with E-state index in [-0.39, 0.29) is 5.56 Å². The second-order valence-corrected chi connectivity index (χ2v) is 6.72. The number of nitrogens with zero attached hydrogens (tertiary/aromatic N) is 2. The number of aromatic carboxylic acids is 1. The zero-order valence-corrected chi connectivity index (χ0v) is 15.8. The van der Waals surface area contributed by atoms with E-state index in [1.807, 2.05) is 24.4 Å². The molecule has 1 aromatic carbocycles. The Morgan fingerprint density at radius 1 is 1.38 bits per heavy atom. The molecular formula is C19H23ClN4O2. The fraction of sp³-hybridized carbons (Fsp3) is 0.263. The summed E-state index contributed by atoms with van der Waals surface area (Å²) in [5, 5.41) is 13.8. The third kappa shape index (κ3) is 4.74. The van der Waals surface area contributed by atoms with Crippen molar-refractivity contribution in [1.29, 1.82) is 0 Å². The zero-order valence-electron chi connectivity index (χ0n) is 15.0. The molecule has 3 aromatic rings. The number of fused-ring (bicyclic) bond motifs is 1. The summed E-state index contributed by atoms with van der Waals surface area (Å²) in [6, 6.07) is 9.10. The quantitative estimate of drug-likeness (QED) is 0.634. The van der Waals surface area contributed by atoms with Crippen molar-refractivity contribution in [3.8, 4) is 0 Å². The number of rotatable bonds is 4. The molecule has 0 aliphatic carbocycles. The van der Waals surface area contributed by atoms with Gasteiger partial charge in [0.05, 0.1) is 5.52 Å². The SMILES string of the molecule is CC(C)CN.Cn1ccc2c(Nc3cccc(Cl)c3)ncc(C(=O)O)c21. The third-order valence-corrected chi connectivity index (χ3v) is 3.93. The number of carbonyl (C=O) groups is 1. The minimum Gasteiger partial charge on any atom is -0.478 e. The number of halogens is 1. The summed E-state index contributed by atoms with van der Waals surface area (Å²) in [6.07, 6.45) is 3.17. The highest BCUT2D eigenvalue weighted by molar-refractivity contribution is 6.30. The lowest BCUT2D eigenvalue weighted by atomic mass is 10.2. The van der Waals surface area contributed by atoms with E-state index < -0.39 is 5.97 Å². The molecule has 0 unspecified atom stereocenters. The molecule has 2 heterocycles. The predicted octanol–water partition coefficient (Wildman–Crippen LogP) is 4.27. The fourth-order valence-corrected chi connectivity index (χ4v) is 2.47. The number of carboxylic acids is 1. The van der Waals surface area contributed by atoms with Crippen molar-refractivity contribution in [2.75, 3.05) is 11.9 Å². The van der Waals surface area contributed by atoms with Gasteiger partial charge in [0.15, 0.2) is 0 Å². The standard InChI is InChI=1S/C15H12ClN3O2.C4H11N/c1-19-6-5-11-13(19)12(15(20)21)8-17-14(11)18-10-4-2-3-9(16)7-10;1-4(2)3-5/h2-8H,1H3,(H,17,18)(H,20,21);4H,3,5H2,1-2H3. The highest BCUT2D eigenvalue weighted by Gasteiger charge is 2.15. The monoisotopic (exact) mass is 374 g/mol. The third-order valence-electron chi connectivity index (χ3n) is 3.69. The first-order valence-corrected chi connectivity index (χ1v) is 8.61. The van der Waals surface area contributed by atoms with E-state index in [1.165, 1.54) is 6.20 Å². The van der Waals surface area contributed by atoms with Crippen molar-refractivity contribution >= 4 is 40.0 Å². The molecule has 3 rings (SSSR count). The minimum absolute atomic E-state index is 0.175. The van der Waals surface area contributed by atoms with Crippen LogP contribution < -0.4 is 11.1 Å². The molecule has 4 N–H and O–H groups in total. The summed E-state index contributed by atoms with van der Waals surface area (Å²) in [7, 11) is 1.80. The van der Waals surface area contributed by atoms with Gasteiger partial charge in [-0.2, -0.15) is 0 Å². The number of carboxylic acid groups (broad SMARTS) is 1. The second-order valence-electron chi connectivity index (χ2n) is 6.28. The van der Waals surface area contributed by atoms with Crippen LogP contribution in [0.5, 0.6) is 0 Å². The van der Waals surface area contributed by atoms with Crippen molar-refractivity contribution in [3.05, 3.63) is 53.3 Å². The largest absolute Gasteiger partial charge is 0.478 e. The van der Waals surface area contributed by atoms with Gasteiger partial charge >= 0.3 is 5.97 Å². The van der Waals surface area contributed by atoms with Gasteiger partial charge in [0.1, 0.15) is 11.4 Å². The maximum absolute atomic E-state index is 11.3. The van der Waals surface area contributed by atoms with Crippen molar-refractivity contribution in [3.63, 3.8) is 0 Å². The highest BCUT2D eigenvalue weighted by Crippen LogP contribution is 2.28. The predicted molar refractivity (Wildman–Crippen MR) is 106 cm³/mol. The number of nitrogens with one attached hydrogen (secondary N) is 1. The van der Waals surface area contributed by atoms with Crippen LogP contribution in [-0.4, -0.2) is 27.2 Å². The van der Waals surface area contributed by atoms with E-state index in [2.05, 4.69) is 24.1 Å². The average Bonchev–Trinajstić information content (AvgIpc) is 2.98. The first-order chi connectivity index (χ1) is 12.3. The van der Waals surface area contributed by atoms with Gasteiger partial charge in [0.2, 0.25) is 0 Å². The van der Waals surface area contributed by atoms with E-state index in [4.69, 9.17) is 17.3 Å². The first-order valence-electron chi connectivity index (χ1n) is 8.23. The average molecular weight is 375 g/mol. The van der Waals surface area contributed by atoms with Gasteiger partial charge in [0.25, 0.3) is 0 Å². The zero-order chi connectivity index (χ0) is 19.3. The fourth-order valence-electron chi connectivity index (χ4n) is 2.27. The maximum Gasteiger partial charge on any atom is 0.339 e. The molecule has 0 radical (unpaired) electrons. The van der Waals surface area contributed by atoms with Crippen molar-refractivity contribution < 1.29 is 9.90 Å². The van der Waals surface area contributed by atoms with Gasteiger partial charge in [-0.25, -0.2) is 9.78 Å². The van der Waals surface area contributed by atoms with Crippen LogP contribution in [0.2, 0.25) is 5.02 Å². The normalized spacial score (nSPS) is 10.5. The molecule has 138 valence electrons. The maximum atomic E-state index is 11.3. The number of hydrogen-bond donors (Lipinski definition) is 3. The summed E-state index contributed by atoms with van der Waals surface area (Å²) >= 11 is 5.96. The number of aromatic nitrogens is 2. The molecule has 0 bridgehead atoms. The molecule has 0 spiro atoms. The van der Waals surface area contributed by atoms with Crippen LogP contribution in [0.25, 0.3) is 10.9 Å². The Morgan fingerprint density at radius 2 is 2.08 bits per heavy atom. The summed E-state index contributed by atoms with van der Waals surface area (Å²) < 4.78 is 1.77. The lowest BCUT2D eigenvalue weighted by molar-refractivity contribution is 0.0698. The van der Waals surface area contributed by atoms with Crippen LogP contribution in [0.4, 0.5) is 11.5 Å². The molecule has 0 fully saturated rings. The van der Waals surface area contributed by atoms with Gasteiger partial charge < -0.3 is 20.7 Å². The molecule has 0 atom stereocenters. The molecule has 6 nitrogen and oxygen atoms in total. The Bertz CT molecular complexity index is 906. The smallest absolute Gasteiger partial charge is 0.339 e. The molecule has 26 heavy (non-hydrogen) atoms. The molecule has 0 aliphatic heterocycles. The van der Waals surface area contributed by atoms with Crippen LogP contribution in [0.3, 0.4) is 0 Å². The molecule has 2 aromatic heterocycles. The molecule has 0 saturated heterocycles. The number of anilines is 2. The highest BCUT2D eigenvalue weighted by atomic mass is 35.5. The summed E-state index contributed by atoms with van der Waals surface area (Å²) in [5.74, 6) is 0.261. The second kappa shape index (κ2) is 8.69. The number of aryl methyl sites for hydroxylation is 1. The van der Waals surface area contributed by atoms with Crippen LogP contribution in [0, 0.1) is 5.92 Å². The van der Waals surface area contributed by atoms with Crippen molar-refractivity contribution in [2.45, 2.75) is 13.8 Å². The van der Waals surface area contributed by atoms with Gasteiger partial charge in [-0.1, -0.05) is 31.5 Å². The molecule has 0 amide bonds. The Morgan fingerprint density at radius 3 is 2.65 bits per heavy atom. The Balaban J connectivity index is 0.000000431. The Kier molecular flexibility index (Phi) is 6.60. The van der Waals surface area contributed by atoms with Crippen molar-refractivity contribution in [2.24, 2.45) is 18.7 Å². The van der Waals surface area contributed by atoms with E-state index in [1.54, 1.807) is 23.7 Å². The molecular weight excluding hydrogens is 352 g/mol. The van der Waals surface area contributed by atoms with E-state index in [0.29, 0.717) is 22.3 Å². The topological polar surface area (TPSA) is 93.2 Å². The minimum atomic E-state index is -0.997. The van der Waals surface area contributed by atoms with Crippen LogP contribution >= 0.6 is 11.6 Å². The van der Waals surface area contributed by atoms with E-state index in [0.717, 1.165) is 17.6 Å². The van der Waals surface area contributed by atoms with E-state index >= 15 is 0 Å². The number of benzene rings is 1. The van der Waals surface area contributed by atoms with E-state index in [9.17, 15) is 9.90 Å². The number of pyridine rings is 1. The lowest BCUT2D eigenvalue weighted by Crippen LogP contribution is -2.05. The van der Waals surface area contributed by atoms with Gasteiger partial charge in [-0.3, -0.25) is 0 Å². The molecule has 0 aliphatic rings. The Labute approximate surface area is 157 Å². The van der Waals surface area contributed by atoms with Crippen LogP contribution in [0.15, 0.2) is 42.7 Å². The van der Waals surface area contributed by atoms with Crippen molar-refractivity contribution in [1.82, 2.24) is 9.55 Å². The van der Waals surface area contributed by atoms with Gasteiger partial charge in [-0.15, -0.1) is 0 Å². The summed E-state index contributed by atoms with van der Waals surface area (Å²) in [5.41, 5.74) is 6.77. The first kappa shape index (κ1) is 19.8. The Hall–Kier alpha value is -2.57. The number of nitrogens with two attached hydrogens (primary N) is 1. The lowest BCUT2D eigenvalue weighted by Gasteiger charge is -2.09. The van der Waals surface area contributed by atoms with Crippen LogP contribution in [-0.2, 0) is 7.05 Å². The molecule has 7 heteroatoms. The summed E-state index contributed by atoms with van der Waals surface area (Å²) in [6.45, 7) is 5.00. The molecule has 0 saturated carbocycles. The van der Waals surface area contributed by atoms with Gasteiger partial charge in [0, 0.05) is 35.5 Å². The summed E-state index contributed by atoms with van der Waals surface area (Å²) in [4.78, 5) is 15.5. The number of hydrogen-bond acceptors (Lipinski definition) is 4.